The number of aromatic carboxylic acids is 1. The predicted octanol–water partition coefficient (Wildman–Crippen LogP) is 8.40. The second kappa shape index (κ2) is 12.9. The summed E-state index contributed by atoms with van der Waals surface area (Å²) in [5.74, 6) is 0.493. The average Bonchev–Trinajstić information content (AvgIpc) is 3.04. The summed E-state index contributed by atoms with van der Waals surface area (Å²) in [5.41, 5.74) is 6.83. The van der Waals surface area contributed by atoms with Crippen molar-refractivity contribution in [3.05, 3.63) is 98.5 Å². The third-order valence-electron chi connectivity index (χ3n) is 7.07. The number of carboxylic acid groups (broad SMARTS) is 1. The van der Waals surface area contributed by atoms with E-state index >= 15 is 0 Å². The summed E-state index contributed by atoms with van der Waals surface area (Å²) >= 11 is 14.6. The number of halogens is 4. The molecule has 5 rings (SSSR count). The third kappa shape index (κ3) is 6.40. The Hall–Kier alpha value is -2.02. The van der Waals surface area contributed by atoms with Crippen LogP contribution < -0.4 is 0 Å². The Bertz CT molecular complexity index is 1340. The van der Waals surface area contributed by atoms with Gasteiger partial charge in [-0.15, -0.1) is 24.2 Å². The van der Waals surface area contributed by atoms with Gasteiger partial charge in [0.15, 0.2) is 0 Å². The van der Waals surface area contributed by atoms with Crippen LogP contribution >= 0.6 is 47.4 Å². The molecule has 0 radical (unpaired) electrons. The van der Waals surface area contributed by atoms with E-state index in [1.165, 1.54) is 5.56 Å². The van der Waals surface area contributed by atoms with E-state index in [1.807, 2.05) is 18.2 Å². The highest BCUT2D eigenvalue weighted by atomic mass is 35.5. The number of fused-ring (bicyclic) bond motifs is 1. The molecule has 3 aromatic rings. The van der Waals surface area contributed by atoms with Crippen molar-refractivity contribution in [3.8, 4) is 0 Å². The lowest BCUT2D eigenvalue weighted by Crippen LogP contribution is -2.47. The molecule has 3 aromatic carbocycles. The van der Waals surface area contributed by atoms with E-state index in [9.17, 15) is 14.3 Å². The molecule has 200 valence electrons. The molecule has 0 bridgehead atoms. The van der Waals surface area contributed by atoms with Crippen LogP contribution in [0, 0.1) is 5.92 Å². The number of alkyl halides is 1. The minimum absolute atomic E-state index is 0. The number of hydrogen-bond acceptors (Lipinski definition) is 3. The van der Waals surface area contributed by atoms with Crippen LogP contribution in [0.4, 0.5) is 4.39 Å². The molecule has 0 saturated carbocycles. The van der Waals surface area contributed by atoms with Crippen molar-refractivity contribution in [1.29, 1.82) is 0 Å². The van der Waals surface area contributed by atoms with Crippen LogP contribution in [-0.4, -0.2) is 48.0 Å². The van der Waals surface area contributed by atoms with Gasteiger partial charge in [-0.05, 0) is 82.8 Å². The van der Waals surface area contributed by atoms with E-state index in [2.05, 4.69) is 29.2 Å². The van der Waals surface area contributed by atoms with Crippen LogP contribution in [0.5, 0.6) is 0 Å². The fourth-order valence-corrected chi connectivity index (χ4v) is 6.86. The number of nitrogens with zero attached hydrogens (tertiary/aromatic N) is 1. The summed E-state index contributed by atoms with van der Waals surface area (Å²) < 4.78 is 12.4. The van der Waals surface area contributed by atoms with Crippen molar-refractivity contribution in [2.75, 3.05) is 32.1 Å². The quantitative estimate of drug-likeness (QED) is 0.285. The zero-order valence-corrected chi connectivity index (χ0v) is 23.9. The Morgan fingerprint density at radius 1 is 1.03 bits per heavy atom. The molecule has 0 spiro atoms. The molecular weight excluding hydrogens is 564 g/mol. The van der Waals surface area contributed by atoms with Crippen molar-refractivity contribution in [1.82, 2.24) is 4.90 Å². The lowest BCUT2D eigenvalue weighted by molar-refractivity contribution is 0.0696. The van der Waals surface area contributed by atoms with Gasteiger partial charge in [-0.25, -0.2) is 4.79 Å². The fourth-order valence-electron chi connectivity index (χ4n) is 5.28. The van der Waals surface area contributed by atoms with Gasteiger partial charge in [0, 0.05) is 40.3 Å². The number of allylic oxidation sites excluding steroid dienone is 1. The average molecular weight is 593 g/mol. The van der Waals surface area contributed by atoms with E-state index < -0.39 is 5.97 Å². The molecule has 2 aliphatic rings. The van der Waals surface area contributed by atoms with Gasteiger partial charge in [0.05, 0.1) is 12.2 Å². The molecule has 2 heterocycles. The van der Waals surface area contributed by atoms with Crippen LogP contribution in [-0.2, 0) is 6.42 Å². The topological polar surface area (TPSA) is 40.5 Å². The Balaban J connectivity index is 0.00000336. The normalized spacial score (nSPS) is 15.9. The standard InChI is InChI=1S/C30H28Cl2FNO2S.ClH/c31-23-7-9-24(27(32)16-23)25-10-13-37-28-15-22(30(35)36)6-8-26(28)29(25)21-4-2-19(3-5-21)14-20-17-34(18-20)12-1-11-33;/h2-9,15-16,20H,1,10-14,17-18H2,(H,35,36);1H. The Morgan fingerprint density at radius 3 is 2.45 bits per heavy atom. The summed E-state index contributed by atoms with van der Waals surface area (Å²) in [4.78, 5) is 14.9. The second-order valence-electron chi connectivity index (χ2n) is 9.66. The largest absolute Gasteiger partial charge is 0.478 e. The molecule has 0 aromatic heterocycles. The van der Waals surface area contributed by atoms with Crippen LogP contribution in [0.25, 0.3) is 11.1 Å². The first-order valence-electron chi connectivity index (χ1n) is 12.5. The minimum atomic E-state index is -0.928. The lowest BCUT2D eigenvalue weighted by atomic mass is 9.86. The van der Waals surface area contributed by atoms with Gasteiger partial charge in [0.25, 0.3) is 0 Å². The molecule has 2 aliphatic heterocycles. The number of thioether (sulfide) groups is 1. The third-order valence-corrected chi connectivity index (χ3v) is 8.68. The zero-order chi connectivity index (χ0) is 25.9. The van der Waals surface area contributed by atoms with E-state index in [-0.39, 0.29) is 24.6 Å². The van der Waals surface area contributed by atoms with Gasteiger partial charge in [-0.3, -0.25) is 4.39 Å². The van der Waals surface area contributed by atoms with E-state index in [0.29, 0.717) is 22.4 Å². The predicted molar refractivity (Wildman–Crippen MR) is 159 cm³/mol. The summed E-state index contributed by atoms with van der Waals surface area (Å²) in [6.45, 7) is 2.66. The van der Waals surface area contributed by atoms with E-state index in [4.69, 9.17) is 23.2 Å². The van der Waals surface area contributed by atoms with Crippen molar-refractivity contribution >= 4 is 64.5 Å². The number of carboxylic acids is 1. The molecule has 3 nitrogen and oxygen atoms in total. The molecule has 0 amide bonds. The lowest BCUT2D eigenvalue weighted by Gasteiger charge is -2.39. The first kappa shape index (κ1) is 29.0. The van der Waals surface area contributed by atoms with Gasteiger partial charge in [0.1, 0.15) is 0 Å². The monoisotopic (exact) mass is 591 g/mol. The number of carbonyl (C=O) groups is 1. The highest BCUT2D eigenvalue weighted by molar-refractivity contribution is 7.99. The molecule has 1 N–H and O–H groups in total. The van der Waals surface area contributed by atoms with Gasteiger partial charge in [-0.2, -0.15) is 0 Å². The second-order valence-corrected chi connectivity index (χ2v) is 11.6. The number of likely N-dealkylation sites (tertiary alicyclic amines) is 1. The highest BCUT2D eigenvalue weighted by Crippen LogP contribution is 2.45. The molecule has 38 heavy (non-hydrogen) atoms. The van der Waals surface area contributed by atoms with Crippen molar-refractivity contribution < 1.29 is 14.3 Å². The number of hydrogen-bond donors (Lipinski definition) is 1. The molecule has 1 saturated heterocycles. The SMILES string of the molecule is Cl.O=C(O)c1ccc2c(c1)SCCC(c1ccc(Cl)cc1Cl)=C2c1ccc(CC2CN(CCCF)C2)cc1. The Kier molecular flexibility index (Phi) is 9.83. The smallest absolute Gasteiger partial charge is 0.335 e. The van der Waals surface area contributed by atoms with Crippen LogP contribution in [0.15, 0.2) is 65.6 Å². The van der Waals surface area contributed by atoms with Gasteiger partial charge < -0.3 is 10.0 Å². The van der Waals surface area contributed by atoms with Gasteiger partial charge in [0.2, 0.25) is 0 Å². The molecule has 1 fully saturated rings. The first-order valence-corrected chi connectivity index (χ1v) is 14.2. The zero-order valence-electron chi connectivity index (χ0n) is 20.8. The van der Waals surface area contributed by atoms with Gasteiger partial charge >= 0.3 is 5.97 Å². The van der Waals surface area contributed by atoms with Crippen molar-refractivity contribution in [2.45, 2.75) is 24.2 Å². The number of benzene rings is 3. The maximum Gasteiger partial charge on any atom is 0.335 e. The van der Waals surface area contributed by atoms with Crippen LogP contribution in [0.2, 0.25) is 10.0 Å². The maximum absolute atomic E-state index is 12.4. The van der Waals surface area contributed by atoms with Crippen molar-refractivity contribution in [3.63, 3.8) is 0 Å². The maximum atomic E-state index is 12.4. The van der Waals surface area contributed by atoms with Crippen LogP contribution in [0.3, 0.4) is 0 Å². The first-order chi connectivity index (χ1) is 17.9. The number of rotatable bonds is 8. The van der Waals surface area contributed by atoms with Gasteiger partial charge in [-0.1, -0.05) is 59.6 Å². The summed E-state index contributed by atoms with van der Waals surface area (Å²) in [6.07, 6.45) is 2.41. The molecule has 0 aliphatic carbocycles. The minimum Gasteiger partial charge on any atom is -0.478 e. The fraction of sp³-hybridized carbons (Fsp3) is 0.300. The van der Waals surface area contributed by atoms with E-state index in [1.54, 1.807) is 30.0 Å². The Labute approximate surface area is 243 Å². The Morgan fingerprint density at radius 2 is 1.76 bits per heavy atom. The summed E-state index contributed by atoms with van der Waals surface area (Å²) in [5, 5.41) is 10.7. The van der Waals surface area contributed by atoms with Crippen molar-refractivity contribution in [2.24, 2.45) is 5.92 Å². The summed E-state index contributed by atoms with van der Waals surface area (Å²) in [7, 11) is 0. The highest BCUT2D eigenvalue weighted by Gasteiger charge is 2.27. The van der Waals surface area contributed by atoms with E-state index in [0.717, 1.165) is 71.0 Å². The molecule has 0 atom stereocenters. The van der Waals surface area contributed by atoms with Crippen LogP contribution in [0.1, 0.15) is 45.5 Å². The molecule has 8 heteroatoms. The molecular formula is C30H29Cl3FNO2S. The molecule has 0 unspecified atom stereocenters. The summed E-state index contributed by atoms with van der Waals surface area (Å²) in [6, 6.07) is 19.7.